The molecule has 5 rings (SSSR count). The molecule has 4 heterocycles. The minimum Gasteiger partial charge on any atom is -0.334 e. The average Bonchev–Trinajstić information content (AvgIpc) is 3.05. The van der Waals surface area contributed by atoms with Crippen molar-refractivity contribution < 1.29 is 4.79 Å². The maximum Gasteiger partial charge on any atom is 0.255 e. The summed E-state index contributed by atoms with van der Waals surface area (Å²) < 4.78 is 0. The van der Waals surface area contributed by atoms with Gasteiger partial charge in [-0.15, -0.1) is 11.3 Å². The Labute approximate surface area is 220 Å². The molecule has 0 radical (unpaired) electrons. The molecule has 2 aromatic heterocycles. The number of hydrogen-bond acceptors (Lipinski definition) is 4. The molecule has 2 fully saturated rings. The van der Waals surface area contributed by atoms with Crippen molar-refractivity contribution in [1.82, 2.24) is 14.8 Å². The first kappa shape index (κ1) is 25.7. The lowest BCUT2D eigenvalue weighted by atomic mass is 9.70. The second-order valence-corrected chi connectivity index (χ2v) is 13.4. The number of fused-ring (bicyclic) bond motifs is 1. The van der Waals surface area contributed by atoms with Gasteiger partial charge in [-0.3, -0.25) is 9.59 Å². The van der Waals surface area contributed by atoms with Crippen molar-refractivity contribution in [3.05, 3.63) is 54.1 Å². The molecule has 3 aliphatic rings. The Morgan fingerprint density at radius 2 is 1.83 bits per heavy atom. The zero-order valence-corrected chi connectivity index (χ0v) is 23.7. The van der Waals surface area contributed by atoms with Gasteiger partial charge >= 0.3 is 0 Å². The number of aromatic nitrogens is 1. The molecule has 1 aliphatic carbocycles. The molecule has 1 saturated carbocycles. The van der Waals surface area contributed by atoms with E-state index in [4.69, 9.17) is 0 Å². The second-order valence-electron chi connectivity index (χ2n) is 12.2. The van der Waals surface area contributed by atoms with Crippen LogP contribution < -0.4 is 5.56 Å². The van der Waals surface area contributed by atoms with Crippen molar-refractivity contribution >= 4 is 17.2 Å². The molecule has 1 unspecified atom stereocenters. The van der Waals surface area contributed by atoms with Crippen molar-refractivity contribution in [2.45, 2.75) is 92.0 Å². The maximum atomic E-state index is 13.8. The molecule has 6 heteroatoms. The third-order valence-electron chi connectivity index (χ3n) is 9.35. The highest BCUT2D eigenvalue weighted by atomic mass is 32.1. The van der Waals surface area contributed by atoms with Crippen LogP contribution >= 0.6 is 11.3 Å². The van der Waals surface area contributed by atoms with E-state index < -0.39 is 0 Å². The van der Waals surface area contributed by atoms with E-state index >= 15 is 0 Å². The summed E-state index contributed by atoms with van der Waals surface area (Å²) in [5.74, 6) is 1.29. The molecule has 36 heavy (non-hydrogen) atoms. The summed E-state index contributed by atoms with van der Waals surface area (Å²) in [5, 5.41) is 0. The van der Waals surface area contributed by atoms with Gasteiger partial charge in [0, 0.05) is 34.1 Å². The Kier molecular flexibility index (Phi) is 7.21. The number of hydrogen-bond donors (Lipinski definition) is 1. The lowest BCUT2D eigenvalue weighted by molar-refractivity contribution is 0.0611. The van der Waals surface area contributed by atoms with Crippen molar-refractivity contribution in [3.8, 4) is 0 Å². The van der Waals surface area contributed by atoms with Crippen LogP contribution in [0.1, 0.15) is 101 Å². The van der Waals surface area contributed by atoms with Crippen LogP contribution in [0.15, 0.2) is 10.9 Å². The van der Waals surface area contributed by atoms with Gasteiger partial charge in [-0.05, 0) is 107 Å². The van der Waals surface area contributed by atoms with Gasteiger partial charge in [-0.25, -0.2) is 0 Å². The predicted molar refractivity (Wildman–Crippen MR) is 148 cm³/mol. The second kappa shape index (κ2) is 10.1. The van der Waals surface area contributed by atoms with Crippen LogP contribution in [0.3, 0.4) is 0 Å². The standard InChI is InChI=1S/C30H43N3O2S/c1-19-16-20(2)31-28(34)24(19)17-33-13-6-8-25-26(29(33)35)22(4)27(36-25)21(3)23-9-14-32(15-10-23)18-30(5)11-7-12-30/h16,21,23H,6-15,17-18H2,1-5H3,(H,31,34). The lowest BCUT2D eigenvalue weighted by Gasteiger charge is -2.44. The molecule has 0 aromatic carbocycles. The first-order chi connectivity index (χ1) is 17.1. The van der Waals surface area contributed by atoms with E-state index in [2.05, 4.69) is 30.7 Å². The SMILES string of the molecule is Cc1cc(C)c(CN2CCCc3sc(C(C)C4CCN(CC5(C)CCC5)CC4)c(C)c3C2=O)c(=O)[nH]1. The van der Waals surface area contributed by atoms with E-state index in [1.54, 1.807) is 0 Å². The number of aromatic amines is 1. The van der Waals surface area contributed by atoms with Crippen LogP contribution in [0.4, 0.5) is 0 Å². The Morgan fingerprint density at radius 3 is 2.47 bits per heavy atom. The largest absolute Gasteiger partial charge is 0.334 e. The van der Waals surface area contributed by atoms with E-state index in [0.29, 0.717) is 35.9 Å². The highest BCUT2D eigenvalue weighted by Gasteiger charge is 2.36. The summed E-state index contributed by atoms with van der Waals surface area (Å²) in [7, 11) is 0. The Hall–Kier alpha value is -1.92. The summed E-state index contributed by atoms with van der Waals surface area (Å²) in [6.45, 7) is 15.7. The molecule has 2 aromatic rings. The number of carbonyl (C=O) groups excluding carboxylic acids is 1. The van der Waals surface area contributed by atoms with Crippen LogP contribution in [0.5, 0.6) is 0 Å². The average molecular weight is 510 g/mol. The molecular formula is C30H43N3O2S. The minimum absolute atomic E-state index is 0.0706. The highest BCUT2D eigenvalue weighted by molar-refractivity contribution is 7.12. The van der Waals surface area contributed by atoms with Crippen molar-refractivity contribution in [2.24, 2.45) is 11.3 Å². The number of amides is 1. The molecule has 2 aliphatic heterocycles. The number of nitrogens with zero attached hydrogens (tertiary/aromatic N) is 2. The quantitative estimate of drug-likeness (QED) is 0.523. The summed E-state index contributed by atoms with van der Waals surface area (Å²) in [6, 6.07) is 2.00. The fourth-order valence-corrected chi connectivity index (χ4v) is 8.38. The van der Waals surface area contributed by atoms with E-state index in [0.717, 1.165) is 29.7 Å². The lowest BCUT2D eigenvalue weighted by Crippen LogP contribution is -2.44. The maximum absolute atomic E-state index is 13.8. The van der Waals surface area contributed by atoms with Gasteiger partial charge in [0.15, 0.2) is 0 Å². The molecule has 1 saturated heterocycles. The minimum atomic E-state index is -0.0706. The monoisotopic (exact) mass is 509 g/mol. The number of H-pyrrole nitrogens is 1. The third kappa shape index (κ3) is 4.96. The van der Waals surface area contributed by atoms with Crippen LogP contribution in [0.25, 0.3) is 0 Å². The number of aryl methyl sites for hydroxylation is 3. The summed E-state index contributed by atoms with van der Waals surface area (Å²) in [5.41, 5.74) is 5.15. The molecule has 1 amide bonds. The summed E-state index contributed by atoms with van der Waals surface area (Å²) in [6.07, 6.45) is 8.62. The van der Waals surface area contributed by atoms with E-state index in [1.807, 2.05) is 36.2 Å². The van der Waals surface area contributed by atoms with Gasteiger partial charge in [-0.2, -0.15) is 0 Å². The fraction of sp³-hybridized carbons (Fsp3) is 0.667. The normalized spacial score (nSPS) is 21.7. The zero-order chi connectivity index (χ0) is 25.6. The molecule has 1 N–H and O–H groups in total. The topological polar surface area (TPSA) is 56.4 Å². The number of thiophene rings is 1. The predicted octanol–water partition coefficient (Wildman–Crippen LogP) is 5.96. The fourth-order valence-electron chi connectivity index (χ4n) is 6.90. The Bertz CT molecular complexity index is 1180. The van der Waals surface area contributed by atoms with E-state index in [9.17, 15) is 9.59 Å². The molecular weight excluding hydrogens is 466 g/mol. The summed E-state index contributed by atoms with van der Waals surface area (Å²) >= 11 is 1.89. The van der Waals surface area contributed by atoms with Crippen molar-refractivity contribution in [2.75, 3.05) is 26.2 Å². The van der Waals surface area contributed by atoms with Gasteiger partial charge in [0.1, 0.15) is 0 Å². The third-order valence-corrected chi connectivity index (χ3v) is 10.9. The number of nitrogens with one attached hydrogen (secondary N) is 1. The van der Waals surface area contributed by atoms with Gasteiger partial charge in [0.05, 0.1) is 12.1 Å². The Balaban J connectivity index is 1.30. The number of likely N-dealkylation sites (tertiary alicyclic amines) is 1. The number of pyridine rings is 1. The number of piperidine rings is 1. The van der Waals surface area contributed by atoms with Gasteiger partial charge in [-0.1, -0.05) is 20.3 Å². The van der Waals surface area contributed by atoms with Crippen LogP contribution in [0.2, 0.25) is 0 Å². The molecule has 0 spiro atoms. The van der Waals surface area contributed by atoms with Gasteiger partial charge in [0.2, 0.25) is 0 Å². The van der Waals surface area contributed by atoms with E-state index in [-0.39, 0.29) is 11.5 Å². The zero-order valence-electron chi connectivity index (χ0n) is 22.8. The molecule has 5 nitrogen and oxygen atoms in total. The number of rotatable bonds is 6. The molecule has 196 valence electrons. The van der Waals surface area contributed by atoms with Crippen LogP contribution in [-0.2, 0) is 13.0 Å². The number of carbonyl (C=O) groups is 1. The van der Waals surface area contributed by atoms with Crippen molar-refractivity contribution in [3.63, 3.8) is 0 Å². The van der Waals surface area contributed by atoms with Gasteiger partial charge < -0.3 is 14.8 Å². The van der Waals surface area contributed by atoms with Crippen LogP contribution in [-0.4, -0.2) is 46.9 Å². The molecule has 1 atom stereocenters. The Morgan fingerprint density at radius 1 is 1.11 bits per heavy atom. The van der Waals surface area contributed by atoms with Crippen LogP contribution in [0, 0.1) is 32.1 Å². The van der Waals surface area contributed by atoms with Gasteiger partial charge in [0.25, 0.3) is 11.5 Å². The summed E-state index contributed by atoms with van der Waals surface area (Å²) in [4.78, 5) is 36.6. The first-order valence-electron chi connectivity index (χ1n) is 14.0. The molecule has 0 bridgehead atoms. The first-order valence-corrected chi connectivity index (χ1v) is 14.8. The smallest absolute Gasteiger partial charge is 0.255 e. The van der Waals surface area contributed by atoms with Crippen molar-refractivity contribution in [1.29, 1.82) is 0 Å². The van der Waals surface area contributed by atoms with E-state index in [1.165, 1.54) is 67.1 Å². The highest BCUT2D eigenvalue weighted by Crippen LogP contribution is 2.44.